The number of amides is 1. The molecule has 2 heterocycles. The van der Waals surface area contributed by atoms with Crippen LogP contribution in [0.4, 0.5) is 0 Å². The summed E-state index contributed by atoms with van der Waals surface area (Å²) in [7, 11) is 0. The minimum absolute atomic E-state index is 0.0170. The fourth-order valence-corrected chi connectivity index (χ4v) is 2.35. The standard InChI is InChI=1S/C17H16N4O3/c1-11-8-18-10-14(11)16(22)19-9-12-3-2-4-13(7-12)21-6-5-15(20-21)17(23)24/h2-8,10,18H,9H2,1H3,(H,19,22)(H,23,24). The number of carboxylic acids is 1. The number of aromatic amines is 1. The summed E-state index contributed by atoms with van der Waals surface area (Å²) in [5, 5.41) is 15.8. The van der Waals surface area contributed by atoms with Crippen LogP contribution in [-0.4, -0.2) is 31.7 Å². The van der Waals surface area contributed by atoms with Crippen LogP contribution in [0.2, 0.25) is 0 Å². The first-order valence-corrected chi connectivity index (χ1v) is 7.34. The van der Waals surface area contributed by atoms with Crippen molar-refractivity contribution in [1.82, 2.24) is 20.1 Å². The highest BCUT2D eigenvalue weighted by Gasteiger charge is 2.10. The van der Waals surface area contributed by atoms with Crippen molar-refractivity contribution < 1.29 is 14.7 Å². The first-order chi connectivity index (χ1) is 11.5. The lowest BCUT2D eigenvalue weighted by Crippen LogP contribution is -2.23. The lowest BCUT2D eigenvalue weighted by Gasteiger charge is -2.07. The molecule has 7 heteroatoms. The second-order valence-electron chi connectivity index (χ2n) is 5.36. The second-order valence-corrected chi connectivity index (χ2v) is 5.36. The zero-order valence-corrected chi connectivity index (χ0v) is 13.0. The Kier molecular flexibility index (Phi) is 4.15. The first kappa shape index (κ1) is 15.5. The molecule has 3 N–H and O–H groups in total. The number of hydrogen-bond acceptors (Lipinski definition) is 3. The van der Waals surface area contributed by atoms with Gasteiger partial charge < -0.3 is 15.4 Å². The van der Waals surface area contributed by atoms with Gasteiger partial charge in [0.1, 0.15) is 0 Å². The molecular formula is C17H16N4O3. The van der Waals surface area contributed by atoms with Gasteiger partial charge in [-0.1, -0.05) is 12.1 Å². The number of carbonyl (C=O) groups excluding carboxylic acids is 1. The molecule has 0 unspecified atom stereocenters. The Morgan fingerprint density at radius 1 is 1.29 bits per heavy atom. The Labute approximate surface area is 137 Å². The number of nitrogens with zero attached hydrogens (tertiary/aromatic N) is 2. The van der Waals surface area contributed by atoms with E-state index in [4.69, 9.17) is 5.11 Å². The molecule has 0 saturated carbocycles. The molecule has 24 heavy (non-hydrogen) atoms. The number of carboxylic acid groups (broad SMARTS) is 1. The lowest BCUT2D eigenvalue weighted by molar-refractivity contribution is 0.0689. The molecule has 3 rings (SSSR count). The lowest BCUT2D eigenvalue weighted by atomic mass is 10.2. The summed E-state index contributed by atoms with van der Waals surface area (Å²) in [6.07, 6.45) is 5.02. The quantitative estimate of drug-likeness (QED) is 0.669. The van der Waals surface area contributed by atoms with Crippen molar-refractivity contribution in [3.63, 3.8) is 0 Å². The van der Waals surface area contributed by atoms with E-state index in [9.17, 15) is 9.59 Å². The molecule has 0 radical (unpaired) electrons. The molecule has 0 atom stereocenters. The normalized spacial score (nSPS) is 10.5. The maximum Gasteiger partial charge on any atom is 0.356 e. The molecule has 0 fully saturated rings. The van der Waals surface area contributed by atoms with Gasteiger partial charge in [-0.15, -0.1) is 0 Å². The van der Waals surface area contributed by atoms with Crippen LogP contribution in [0.3, 0.4) is 0 Å². The summed E-state index contributed by atoms with van der Waals surface area (Å²) in [5.41, 5.74) is 3.11. The van der Waals surface area contributed by atoms with E-state index >= 15 is 0 Å². The molecule has 0 aliphatic rings. The van der Waals surface area contributed by atoms with Crippen molar-refractivity contribution in [3.05, 3.63) is 71.3 Å². The SMILES string of the molecule is Cc1c[nH]cc1C(=O)NCc1cccc(-n2ccc(C(=O)O)n2)c1. The predicted molar refractivity (Wildman–Crippen MR) is 87.2 cm³/mol. The summed E-state index contributed by atoms with van der Waals surface area (Å²) >= 11 is 0. The largest absolute Gasteiger partial charge is 0.476 e. The van der Waals surface area contributed by atoms with Crippen LogP contribution in [0.5, 0.6) is 0 Å². The summed E-state index contributed by atoms with van der Waals surface area (Å²) in [4.78, 5) is 25.9. The number of nitrogens with one attached hydrogen (secondary N) is 2. The zero-order valence-electron chi connectivity index (χ0n) is 13.0. The van der Waals surface area contributed by atoms with Crippen LogP contribution >= 0.6 is 0 Å². The number of carbonyl (C=O) groups is 2. The molecule has 122 valence electrons. The van der Waals surface area contributed by atoms with Crippen molar-refractivity contribution in [1.29, 1.82) is 0 Å². The highest BCUT2D eigenvalue weighted by molar-refractivity contribution is 5.95. The molecule has 2 aromatic heterocycles. The monoisotopic (exact) mass is 324 g/mol. The van der Waals surface area contributed by atoms with Gasteiger partial charge >= 0.3 is 5.97 Å². The summed E-state index contributed by atoms with van der Waals surface area (Å²) in [5.74, 6) is -1.22. The van der Waals surface area contributed by atoms with Gasteiger partial charge in [-0.25, -0.2) is 9.48 Å². The number of aromatic nitrogens is 3. The van der Waals surface area contributed by atoms with Crippen LogP contribution in [-0.2, 0) is 6.54 Å². The van der Waals surface area contributed by atoms with Crippen molar-refractivity contribution >= 4 is 11.9 Å². The molecule has 0 bridgehead atoms. The van der Waals surface area contributed by atoms with E-state index in [0.29, 0.717) is 12.1 Å². The van der Waals surface area contributed by atoms with Crippen molar-refractivity contribution in [3.8, 4) is 5.69 Å². The average Bonchev–Trinajstić information content (AvgIpc) is 3.22. The van der Waals surface area contributed by atoms with Crippen molar-refractivity contribution in [2.75, 3.05) is 0 Å². The number of rotatable bonds is 5. The minimum Gasteiger partial charge on any atom is -0.476 e. The molecule has 1 aromatic carbocycles. The average molecular weight is 324 g/mol. The van der Waals surface area contributed by atoms with Gasteiger partial charge in [-0.05, 0) is 36.2 Å². The van der Waals surface area contributed by atoms with Gasteiger partial charge in [0.25, 0.3) is 5.91 Å². The fourth-order valence-electron chi connectivity index (χ4n) is 2.35. The summed E-state index contributed by atoms with van der Waals surface area (Å²) < 4.78 is 1.49. The number of hydrogen-bond donors (Lipinski definition) is 3. The minimum atomic E-state index is -1.07. The van der Waals surface area contributed by atoms with Gasteiger partial charge in [-0.3, -0.25) is 4.79 Å². The van der Waals surface area contributed by atoms with Gasteiger partial charge in [0.15, 0.2) is 5.69 Å². The van der Waals surface area contributed by atoms with Crippen molar-refractivity contribution in [2.24, 2.45) is 0 Å². The maximum absolute atomic E-state index is 12.1. The van der Waals surface area contributed by atoms with E-state index in [-0.39, 0.29) is 11.6 Å². The highest BCUT2D eigenvalue weighted by atomic mass is 16.4. The Morgan fingerprint density at radius 2 is 2.12 bits per heavy atom. The van der Waals surface area contributed by atoms with Gasteiger partial charge in [0.05, 0.1) is 11.3 Å². The molecule has 1 amide bonds. The smallest absolute Gasteiger partial charge is 0.356 e. The van der Waals surface area contributed by atoms with E-state index in [1.807, 2.05) is 31.2 Å². The van der Waals surface area contributed by atoms with Crippen LogP contribution in [0, 0.1) is 6.92 Å². The van der Waals surface area contributed by atoms with E-state index in [2.05, 4.69) is 15.4 Å². The molecule has 0 spiro atoms. The van der Waals surface area contributed by atoms with E-state index in [1.165, 1.54) is 10.7 Å². The van der Waals surface area contributed by atoms with Crippen LogP contribution < -0.4 is 5.32 Å². The third kappa shape index (κ3) is 3.19. The molecule has 0 saturated heterocycles. The van der Waals surface area contributed by atoms with E-state index in [0.717, 1.165) is 16.8 Å². The third-order valence-corrected chi connectivity index (χ3v) is 3.63. The van der Waals surface area contributed by atoms with Gasteiger partial charge in [0, 0.05) is 25.1 Å². The predicted octanol–water partition coefficient (Wildman–Crippen LogP) is 2.14. The number of aromatic carboxylic acids is 1. The van der Waals surface area contributed by atoms with E-state index < -0.39 is 5.97 Å². The Hall–Kier alpha value is -3.35. The molecule has 0 aliphatic heterocycles. The molecular weight excluding hydrogens is 308 g/mol. The molecule has 3 aromatic rings. The second kappa shape index (κ2) is 6.41. The summed E-state index contributed by atoms with van der Waals surface area (Å²) in [6, 6.07) is 8.82. The van der Waals surface area contributed by atoms with Crippen LogP contribution in [0.15, 0.2) is 48.9 Å². The van der Waals surface area contributed by atoms with Crippen LogP contribution in [0.1, 0.15) is 32.0 Å². The van der Waals surface area contributed by atoms with Gasteiger partial charge in [0.2, 0.25) is 0 Å². The zero-order chi connectivity index (χ0) is 17.1. The summed E-state index contributed by atoms with van der Waals surface area (Å²) in [6.45, 7) is 2.23. The molecule has 0 aliphatic carbocycles. The van der Waals surface area contributed by atoms with E-state index in [1.54, 1.807) is 18.6 Å². The Bertz CT molecular complexity index is 895. The van der Waals surface area contributed by atoms with Crippen LogP contribution in [0.25, 0.3) is 5.69 Å². The molecule has 7 nitrogen and oxygen atoms in total. The maximum atomic E-state index is 12.1. The first-order valence-electron chi connectivity index (χ1n) is 7.34. The third-order valence-electron chi connectivity index (χ3n) is 3.63. The topological polar surface area (TPSA) is 100 Å². The highest BCUT2D eigenvalue weighted by Crippen LogP contribution is 2.12. The van der Waals surface area contributed by atoms with Crippen molar-refractivity contribution in [2.45, 2.75) is 13.5 Å². The number of benzene rings is 1. The number of aryl methyl sites for hydroxylation is 1. The van der Waals surface area contributed by atoms with Gasteiger partial charge in [-0.2, -0.15) is 5.10 Å². The fraction of sp³-hybridized carbons (Fsp3) is 0.118. The Morgan fingerprint density at radius 3 is 2.79 bits per heavy atom. The Balaban J connectivity index is 1.72. The number of H-pyrrole nitrogens is 1.